The highest BCUT2D eigenvalue weighted by atomic mass is 16.6. The smallest absolute Gasteiger partial charge is 0.269 e. The van der Waals surface area contributed by atoms with Crippen molar-refractivity contribution in [3.8, 4) is 11.5 Å². The zero-order valence-corrected chi connectivity index (χ0v) is 14.2. The summed E-state index contributed by atoms with van der Waals surface area (Å²) in [5, 5.41) is 10.6. The van der Waals surface area contributed by atoms with Crippen LogP contribution in [0.4, 0.5) is 5.69 Å². The van der Waals surface area contributed by atoms with Crippen molar-refractivity contribution in [2.24, 2.45) is 0 Å². The number of carbonyl (C=O) groups excluding carboxylic acids is 1. The number of non-ortho nitro benzene ring substituents is 1. The minimum atomic E-state index is -0.484. The van der Waals surface area contributed by atoms with Crippen LogP contribution in [-0.4, -0.2) is 36.0 Å². The maximum atomic E-state index is 12.3. The summed E-state index contributed by atoms with van der Waals surface area (Å²) in [6.45, 7) is 2.80. The molecule has 0 unspecified atom stereocenters. The quantitative estimate of drug-likeness (QED) is 0.543. The summed E-state index contributed by atoms with van der Waals surface area (Å²) in [5.74, 6) is 1.02. The van der Waals surface area contributed by atoms with Gasteiger partial charge in [-0.05, 0) is 36.8 Å². The Morgan fingerprint density at radius 2 is 1.68 bits per heavy atom. The van der Waals surface area contributed by atoms with E-state index in [-0.39, 0.29) is 18.2 Å². The van der Waals surface area contributed by atoms with Gasteiger partial charge in [-0.15, -0.1) is 0 Å². The lowest BCUT2D eigenvalue weighted by molar-refractivity contribution is -0.384. The summed E-state index contributed by atoms with van der Waals surface area (Å²) in [7, 11) is 1.60. The van der Waals surface area contributed by atoms with E-state index < -0.39 is 4.92 Å². The molecule has 0 saturated heterocycles. The van der Waals surface area contributed by atoms with E-state index in [0.29, 0.717) is 18.8 Å². The minimum Gasteiger partial charge on any atom is -0.497 e. The van der Waals surface area contributed by atoms with Gasteiger partial charge in [0.25, 0.3) is 11.6 Å². The van der Waals surface area contributed by atoms with Gasteiger partial charge in [-0.2, -0.15) is 0 Å². The fourth-order valence-electron chi connectivity index (χ4n) is 2.23. The van der Waals surface area contributed by atoms with E-state index in [0.717, 1.165) is 11.3 Å². The molecule has 7 nitrogen and oxygen atoms in total. The molecular weight excluding hydrogens is 324 g/mol. The van der Waals surface area contributed by atoms with E-state index in [1.807, 2.05) is 31.2 Å². The lowest BCUT2D eigenvalue weighted by atomic mass is 10.2. The molecule has 0 bridgehead atoms. The van der Waals surface area contributed by atoms with Crippen LogP contribution in [0.1, 0.15) is 12.5 Å². The van der Waals surface area contributed by atoms with Crippen molar-refractivity contribution in [3.05, 3.63) is 64.2 Å². The second-order valence-electron chi connectivity index (χ2n) is 5.30. The van der Waals surface area contributed by atoms with E-state index in [9.17, 15) is 14.9 Å². The van der Waals surface area contributed by atoms with Crippen LogP contribution in [0.5, 0.6) is 11.5 Å². The Hall–Kier alpha value is -3.09. The molecule has 0 aromatic heterocycles. The normalized spacial score (nSPS) is 10.2. The van der Waals surface area contributed by atoms with Crippen LogP contribution in [0.15, 0.2) is 48.5 Å². The lowest BCUT2D eigenvalue weighted by Gasteiger charge is -2.21. The molecule has 0 atom stereocenters. The Bertz CT molecular complexity index is 713. The van der Waals surface area contributed by atoms with Gasteiger partial charge in [0.15, 0.2) is 6.61 Å². The number of nitrogens with zero attached hydrogens (tertiary/aromatic N) is 2. The molecule has 0 N–H and O–H groups in total. The van der Waals surface area contributed by atoms with Crippen molar-refractivity contribution in [2.75, 3.05) is 20.3 Å². The standard InChI is InChI=1S/C18H20N2O5/c1-3-19(12-14-4-8-16(24-2)9-5-14)18(21)13-25-17-10-6-15(7-11-17)20(22)23/h4-11H,3,12-13H2,1-2H3. The first kappa shape index (κ1) is 18.3. The summed E-state index contributed by atoms with van der Waals surface area (Å²) >= 11 is 0. The lowest BCUT2D eigenvalue weighted by Crippen LogP contribution is -2.34. The van der Waals surface area contributed by atoms with E-state index >= 15 is 0 Å². The summed E-state index contributed by atoms with van der Waals surface area (Å²) in [5.41, 5.74) is 0.972. The molecule has 0 aliphatic heterocycles. The molecule has 0 aliphatic carbocycles. The Labute approximate surface area is 145 Å². The molecule has 1 amide bonds. The van der Waals surface area contributed by atoms with Crippen molar-refractivity contribution in [3.63, 3.8) is 0 Å². The van der Waals surface area contributed by atoms with Crippen LogP contribution in [0.2, 0.25) is 0 Å². The third-order valence-electron chi connectivity index (χ3n) is 3.68. The zero-order chi connectivity index (χ0) is 18.2. The Morgan fingerprint density at radius 1 is 1.08 bits per heavy atom. The second-order valence-corrected chi connectivity index (χ2v) is 5.30. The van der Waals surface area contributed by atoms with Crippen LogP contribution in [-0.2, 0) is 11.3 Å². The van der Waals surface area contributed by atoms with Crippen molar-refractivity contribution in [1.29, 1.82) is 0 Å². The highest BCUT2D eigenvalue weighted by Gasteiger charge is 2.13. The first-order valence-electron chi connectivity index (χ1n) is 7.81. The topological polar surface area (TPSA) is 81.9 Å². The van der Waals surface area contributed by atoms with E-state index in [1.165, 1.54) is 24.3 Å². The SMILES string of the molecule is CCN(Cc1ccc(OC)cc1)C(=O)COc1ccc([N+](=O)[O-])cc1. The first-order valence-corrected chi connectivity index (χ1v) is 7.81. The number of nitro benzene ring substituents is 1. The number of benzene rings is 2. The number of rotatable bonds is 8. The average Bonchev–Trinajstić information content (AvgIpc) is 2.65. The van der Waals surface area contributed by atoms with Crippen molar-refractivity contribution in [2.45, 2.75) is 13.5 Å². The molecule has 0 fully saturated rings. The van der Waals surface area contributed by atoms with E-state index in [4.69, 9.17) is 9.47 Å². The summed E-state index contributed by atoms with van der Waals surface area (Å²) in [6, 6.07) is 13.2. The van der Waals surface area contributed by atoms with Gasteiger partial charge in [0.2, 0.25) is 0 Å². The molecular formula is C18H20N2O5. The van der Waals surface area contributed by atoms with Crippen LogP contribution in [0.25, 0.3) is 0 Å². The van der Waals surface area contributed by atoms with Crippen LogP contribution in [0.3, 0.4) is 0 Å². The van der Waals surface area contributed by atoms with Gasteiger partial charge < -0.3 is 14.4 Å². The van der Waals surface area contributed by atoms with E-state index in [1.54, 1.807) is 12.0 Å². The maximum Gasteiger partial charge on any atom is 0.269 e. The molecule has 0 spiro atoms. The molecule has 0 aliphatic rings. The summed E-state index contributed by atoms with van der Waals surface area (Å²) in [6.07, 6.45) is 0. The molecule has 2 aromatic rings. The molecule has 25 heavy (non-hydrogen) atoms. The van der Waals surface area contributed by atoms with E-state index in [2.05, 4.69) is 0 Å². The number of carbonyl (C=O) groups is 1. The average molecular weight is 344 g/mol. The second kappa shape index (κ2) is 8.68. The third kappa shape index (κ3) is 5.20. The predicted octanol–water partition coefficient (Wildman–Crippen LogP) is 3.03. The molecule has 132 valence electrons. The Morgan fingerprint density at radius 3 is 2.20 bits per heavy atom. The minimum absolute atomic E-state index is 0.0200. The van der Waals surface area contributed by atoms with Gasteiger partial charge in [-0.25, -0.2) is 0 Å². The monoisotopic (exact) mass is 344 g/mol. The van der Waals surface area contributed by atoms with Gasteiger partial charge in [-0.3, -0.25) is 14.9 Å². The fraction of sp³-hybridized carbons (Fsp3) is 0.278. The summed E-state index contributed by atoms with van der Waals surface area (Å²) in [4.78, 5) is 24.1. The van der Waals surface area contributed by atoms with Crippen LogP contribution in [0, 0.1) is 10.1 Å². The highest BCUT2D eigenvalue weighted by molar-refractivity contribution is 5.77. The van der Waals surface area contributed by atoms with Crippen molar-refractivity contribution in [1.82, 2.24) is 4.90 Å². The number of hydrogen-bond donors (Lipinski definition) is 0. The number of ether oxygens (including phenoxy) is 2. The maximum absolute atomic E-state index is 12.3. The number of amides is 1. The van der Waals surface area contributed by atoms with Crippen LogP contribution < -0.4 is 9.47 Å². The predicted molar refractivity (Wildman–Crippen MR) is 92.7 cm³/mol. The zero-order valence-electron chi connectivity index (χ0n) is 14.2. The molecule has 0 radical (unpaired) electrons. The molecule has 7 heteroatoms. The number of hydrogen-bond acceptors (Lipinski definition) is 5. The van der Waals surface area contributed by atoms with Crippen LogP contribution >= 0.6 is 0 Å². The number of nitro groups is 1. The summed E-state index contributed by atoms with van der Waals surface area (Å²) < 4.78 is 10.5. The van der Waals surface area contributed by atoms with Gasteiger partial charge in [-0.1, -0.05) is 12.1 Å². The molecule has 0 heterocycles. The molecule has 0 saturated carbocycles. The number of methoxy groups -OCH3 is 1. The molecule has 2 aromatic carbocycles. The van der Waals surface area contributed by atoms with Gasteiger partial charge in [0, 0.05) is 25.2 Å². The highest BCUT2D eigenvalue weighted by Crippen LogP contribution is 2.17. The fourth-order valence-corrected chi connectivity index (χ4v) is 2.23. The van der Waals surface area contributed by atoms with Gasteiger partial charge >= 0.3 is 0 Å². The van der Waals surface area contributed by atoms with Crippen molar-refractivity contribution >= 4 is 11.6 Å². The largest absolute Gasteiger partial charge is 0.497 e. The number of likely N-dealkylation sites (N-methyl/N-ethyl adjacent to an activating group) is 1. The molecule has 2 rings (SSSR count). The first-order chi connectivity index (χ1) is 12.0. The third-order valence-corrected chi connectivity index (χ3v) is 3.68. The van der Waals surface area contributed by atoms with Crippen molar-refractivity contribution < 1.29 is 19.2 Å². The Kier molecular flexibility index (Phi) is 6.33. The van der Waals surface area contributed by atoms with Gasteiger partial charge in [0.05, 0.1) is 12.0 Å². The Balaban J connectivity index is 1.91. The van der Waals surface area contributed by atoms with Gasteiger partial charge in [0.1, 0.15) is 11.5 Å².